The van der Waals surface area contributed by atoms with Gasteiger partial charge >= 0.3 is 0 Å². The number of aliphatic hydroxyl groups is 1. The smallest absolute Gasteiger partial charge is 0.236 e. The molecule has 0 bridgehead atoms. The average molecular weight is 204 g/mol. The lowest BCUT2D eigenvalue weighted by Crippen LogP contribution is -2.40. The third-order valence-electron chi connectivity index (χ3n) is 1.72. The van der Waals surface area contributed by atoms with Crippen LogP contribution in [0.3, 0.4) is 0 Å². The highest BCUT2D eigenvalue weighted by atomic mass is 16.5. The lowest BCUT2D eigenvalue weighted by atomic mass is 10.3. The van der Waals surface area contributed by atoms with Crippen LogP contribution in [0.4, 0.5) is 0 Å². The molecule has 0 aliphatic rings. The molecular weight excluding hydrogens is 184 g/mol. The fourth-order valence-electron chi connectivity index (χ4n) is 1.05. The zero-order chi connectivity index (χ0) is 11.1. The van der Waals surface area contributed by atoms with Crippen molar-refractivity contribution >= 4 is 5.91 Å². The van der Waals surface area contributed by atoms with Gasteiger partial charge < -0.3 is 19.6 Å². The Morgan fingerprint density at radius 1 is 1.43 bits per heavy atom. The second kappa shape index (κ2) is 6.75. The molecule has 0 heterocycles. The summed E-state index contributed by atoms with van der Waals surface area (Å²) in [4.78, 5) is 14.7. The Hall–Kier alpha value is -0.650. The third-order valence-corrected chi connectivity index (χ3v) is 1.72. The maximum atomic E-state index is 11.4. The maximum absolute atomic E-state index is 11.4. The first-order valence-electron chi connectivity index (χ1n) is 4.53. The van der Waals surface area contributed by atoms with Crippen molar-refractivity contribution in [3.8, 4) is 0 Å². The minimum absolute atomic E-state index is 0.00912. The quantitative estimate of drug-likeness (QED) is 0.604. The van der Waals surface area contributed by atoms with E-state index in [0.717, 1.165) is 0 Å². The van der Waals surface area contributed by atoms with Crippen molar-refractivity contribution in [2.24, 2.45) is 0 Å². The molecule has 0 fully saturated rings. The Balaban J connectivity index is 3.82. The van der Waals surface area contributed by atoms with Gasteiger partial charge in [0.05, 0.1) is 19.3 Å². The fraction of sp³-hybridized carbons (Fsp3) is 0.889. The molecule has 0 aliphatic heterocycles. The Bertz CT molecular complexity index is 173. The van der Waals surface area contributed by atoms with E-state index in [1.807, 2.05) is 14.1 Å². The van der Waals surface area contributed by atoms with Gasteiger partial charge in [0.1, 0.15) is 0 Å². The Morgan fingerprint density at radius 2 is 2.00 bits per heavy atom. The monoisotopic (exact) mass is 204 g/mol. The minimum atomic E-state index is -0.615. The third kappa shape index (κ3) is 5.90. The number of likely N-dealkylation sites (N-methyl/N-ethyl adjacent to an activating group) is 2. The topological polar surface area (TPSA) is 53.0 Å². The first-order valence-corrected chi connectivity index (χ1v) is 4.53. The van der Waals surface area contributed by atoms with Crippen LogP contribution in [0.2, 0.25) is 0 Å². The van der Waals surface area contributed by atoms with Crippen LogP contribution in [0, 0.1) is 0 Å². The molecule has 5 heteroatoms. The molecule has 0 aromatic rings. The van der Waals surface area contributed by atoms with Crippen molar-refractivity contribution in [1.29, 1.82) is 0 Å². The Labute approximate surface area is 85.2 Å². The molecule has 1 unspecified atom stereocenters. The summed E-state index contributed by atoms with van der Waals surface area (Å²) in [5.41, 5.74) is 0. The van der Waals surface area contributed by atoms with Crippen LogP contribution in [0.25, 0.3) is 0 Å². The van der Waals surface area contributed by atoms with Gasteiger partial charge in [-0.3, -0.25) is 4.79 Å². The molecule has 0 aromatic heterocycles. The molecule has 5 nitrogen and oxygen atoms in total. The number of nitrogens with zero attached hydrogens (tertiary/aromatic N) is 2. The van der Waals surface area contributed by atoms with Gasteiger partial charge in [-0.1, -0.05) is 0 Å². The molecule has 0 saturated heterocycles. The molecule has 0 radical (unpaired) electrons. The van der Waals surface area contributed by atoms with Gasteiger partial charge in [-0.2, -0.15) is 0 Å². The summed E-state index contributed by atoms with van der Waals surface area (Å²) in [7, 11) is 6.85. The number of ether oxygens (including phenoxy) is 1. The molecule has 1 atom stereocenters. The van der Waals surface area contributed by atoms with Crippen LogP contribution in [0.1, 0.15) is 0 Å². The summed E-state index contributed by atoms with van der Waals surface area (Å²) in [6.45, 7) is 0.913. The summed E-state index contributed by atoms with van der Waals surface area (Å²) in [5.74, 6) is -0.00912. The number of methoxy groups -OCH3 is 1. The summed E-state index contributed by atoms with van der Waals surface area (Å²) in [6.07, 6.45) is -0.615. The second-order valence-electron chi connectivity index (χ2n) is 3.62. The van der Waals surface area contributed by atoms with E-state index in [0.29, 0.717) is 13.1 Å². The molecule has 1 amide bonds. The highest BCUT2D eigenvalue weighted by molar-refractivity contribution is 5.77. The highest BCUT2D eigenvalue weighted by Gasteiger charge is 2.13. The van der Waals surface area contributed by atoms with E-state index in [1.165, 1.54) is 12.0 Å². The number of rotatable bonds is 6. The van der Waals surface area contributed by atoms with Crippen LogP contribution in [-0.2, 0) is 9.53 Å². The van der Waals surface area contributed by atoms with Gasteiger partial charge in [0, 0.05) is 20.7 Å². The summed E-state index contributed by atoms with van der Waals surface area (Å²) in [5, 5.41) is 9.37. The molecule has 0 aromatic carbocycles. The van der Waals surface area contributed by atoms with Crippen LogP contribution in [0.15, 0.2) is 0 Å². The van der Waals surface area contributed by atoms with Gasteiger partial charge in [-0.05, 0) is 14.1 Å². The molecule has 1 N–H and O–H groups in total. The molecule has 0 spiro atoms. The van der Waals surface area contributed by atoms with Crippen molar-refractivity contribution in [2.45, 2.75) is 6.10 Å². The number of carbonyl (C=O) groups is 1. The highest BCUT2D eigenvalue weighted by Crippen LogP contribution is 1.92. The number of hydrogen-bond acceptors (Lipinski definition) is 4. The van der Waals surface area contributed by atoms with Crippen molar-refractivity contribution in [1.82, 2.24) is 9.80 Å². The van der Waals surface area contributed by atoms with E-state index in [2.05, 4.69) is 0 Å². The summed E-state index contributed by atoms with van der Waals surface area (Å²) < 4.78 is 4.77. The van der Waals surface area contributed by atoms with Gasteiger partial charge in [0.15, 0.2) is 0 Å². The lowest BCUT2D eigenvalue weighted by molar-refractivity contribution is -0.132. The standard InChI is InChI=1S/C9H20N2O3/c1-10(2)6-9(13)11(3)5-8(12)7-14-4/h8,12H,5-7H2,1-4H3. The fourth-order valence-corrected chi connectivity index (χ4v) is 1.05. The zero-order valence-corrected chi connectivity index (χ0v) is 9.36. The van der Waals surface area contributed by atoms with Crippen molar-refractivity contribution in [3.63, 3.8) is 0 Å². The Kier molecular flexibility index (Phi) is 6.44. The van der Waals surface area contributed by atoms with Crippen LogP contribution < -0.4 is 0 Å². The zero-order valence-electron chi connectivity index (χ0n) is 9.36. The normalized spacial score (nSPS) is 13.0. The molecule has 0 aliphatic carbocycles. The van der Waals surface area contributed by atoms with Gasteiger partial charge in [0.25, 0.3) is 0 Å². The lowest BCUT2D eigenvalue weighted by Gasteiger charge is -2.22. The van der Waals surface area contributed by atoms with Crippen molar-refractivity contribution < 1.29 is 14.6 Å². The largest absolute Gasteiger partial charge is 0.389 e. The van der Waals surface area contributed by atoms with Crippen LogP contribution >= 0.6 is 0 Å². The first kappa shape index (κ1) is 13.4. The van der Waals surface area contributed by atoms with E-state index < -0.39 is 6.10 Å². The summed E-state index contributed by atoms with van der Waals surface area (Å²) in [6, 6.07) is 0. The minimum Gasteiger partial charge on any atom is -0.389 e. The van der Waals surface area contributed by atoms with E-state index in [1.54, 1.807) is 11.9 Å². The van der Waals surface area contributed by atoms with Gasteiger partial charge in [-0.25, -0.2) is 0 Å². The molecular formula is C9H20N2O3. The SMILES string of the molecule is COCC(O)CN(C)C(=O)CN(C)C. The average Bonchev–Trinajstić information content (AvgIpc) is 2.02. The maximum Gasteiger partial charge on any atom is 0.236 e. The number of amides is 1. The predicted octanol–water partition coefficient (Wildman–Crippen LogP) is -0.986. The molecule has 14 heavy (non-hydrogen) atoms. The van der Waals surface area contributed by atoms with E-state index in [9.17, 15) is 9.90 Å². The second-order valence-corrected chi connectivity index (χ2v) is 3.62. The Morgan fingerprint density at radius 3 is 2.43 bits per heavy atom. The van der Waals surface area contributed by atoms with Crippen molar-refractivity contribution in [3.05, 3.63) is 0 Å². The van der Waals surface area contributed by atoms with E-state index in [-0.39, 0.29) is 12.5 Å². The molecule has 0 saturated carbocycles. The van der Waals surface area contributed by atoms with Crippen LogP contribution in [-0.4, -0.2) is 74.9 Å². The molecule has 84 valence electrons. The predicted molar refractivity (Wildman–Crippen MR) is 54.1 cm³/mol. The first-order chi connectivity index (χ1) is 6.47. The van der Waals surface area contributed by atoms with E-state index in [4.69, 9.17) is 4.74 Å². The van der Waals surface area contributed by atoms with Gasteiger partial charge in [0.2, 0.25) is 5.91 Å². The van der Waals surface area contributed by atoms with Crippen LogP contribution in [0.5, 0.6) is 0 Å². The number of aliphatic hydroxyl groups excluding tert-OH is 1. The molecule has 0 rings (SSSR count). The summed E-state index contributed by atoms with van der Waals surface area (Å²) >= 11 is 0. The number of carbonyl (C=O) groups excluding carboxylic acids is 1. The van der Waals surface area contributed by atoms with Gasteiger partial charge in [-0.15, -0.1) is 0 Å². The number of hydrogen-bond donors (Lipinski definition) is 1. The van der Waals surface area contributed by atoms with Crippen molar-refractivity contribution in [2.75, 3.05) is 47.9 Å². The van der Waals surface area contributed by atoms with E-state index >= 15 is 0 Å².